The monoisotopic (exact) mass is 651 g/mol. The van der Waals surface area contributed by atoms with Crippen molar-refractivity contribution < 1.29 is 29.8 Å². The Balaban J connectivity index is 1.46. The van der Waals surface area contributed by atoms with Crippen LogP contribution in [-0.4, -0.2) is 93.4 Å². The van der Waals surface area contributed by atoms with Gasteiger partial charge in [0.2, 0.25) is 0 Å². The minimum absolute atomic E-state index is 0.0254. The standard InChI is InChI=1S/C37H57N5O5/c1-24-16-26(17-25-8-5-4-6-9-25)30-19-31-32(33(44)45)35(46,23-47-29-11-7-10-28(18-29)39-2)21-36(24,31)37(30)22-42(34(38)40-3)14-12-27(37)20-41-13-15-43/h4-6,8-9,24,26-30,39,41,43,46H,7,10-23H2,1-3H3,(H2,38,40)(H,44,45)/t24-,26+,27+,28-,29+,30+,35+,36-,37+/m0/s1. The molecular weight excluding hydrogens is 594 g/mol. The molecule has 1 aromatic carbocycles. The molecule has 47 heavy (non-hydrogen) atoms. The van der Waals surface area contributed by atoms with Gasteiger partial charge in [-0.3, -0.25) is 4.90 Å². The number of hydrogen-bond donors (Lipinski definition) is 6. The molecule has 2 bridgehead atoms. The van der Waals surface area contributed by atoms with Gasteiger partial charge in [0.15, 0.2) is 0 Å². The third-order valence-corrected chi connectivity index (χ3v) is 13.3. The Morgan fingerprint density at radius 3 is 2.70 bits per heavy atom. The number of nitrogens with zero attached hydrogens (tertiary/aromatic N) is 1. The van der Waals surface area contributed by atoms with E-state index in [1.807, 2.05) is 13.1 Å². The van der Waals surface area contributed by atoms with Gasteiger partial charge >= 0.3 is 0 Å². The summed E-state index contributed by atoms with van der Waals surface area (Å²) >= 11 is 0. The molecule has 0 aromatic heterocycles. The topological polar surface area (TPSA) is 157 Å². The van der Waals surface area contributed by atoms with Crippen LogP contribution in [0.1, 0.15) is 63.9 Å². The maximum atomic E-state index is 13.3. The summed E-state index contributed by atoms with van der Waals surface area (Å²) in [5.41, 5.74) is 6.34. The molecule has 10 nitrogen and oxygen atoms in total. The first kappa shape index (κ1) is 34.5. The van der Waals surface area contributed by atoms with Crippen molar-refractivity contribution in [2.75, 3.05) is 53.5 Å². The molecule has 7 N–H and O–H groups in total. The molecule has 4 aliphatic carbocycles. The second-order valence-corrected chi connectivity index (χ2v) is 15.4. The molecule has 10 heteroatoms. The molecule has 1 aromatic rings. The number of rotatable bonds is 11. The van der Waals surface area contributed by atoms with Crippen LogP contribution in [0.4, 0.5) is 0 Å². The third kappa shape index (κ3) is 5.87. The summed E-state index contributed by atoms with van der Waals surface area (Å²) < 4.78 is 6.48. The van der Waals surface area contributed by atoms with Gasteiger partial charge in [-0.05, 0) is 94.2 Å². The van der Waals surface area contributed by atoms with Gasteiger partial charge in [0.1, 0.15) is 5.60 Å². The molecule has 6 rings (SSSR count). The van der Waals surface area contributed by atoms with Gasteiger partial charge in [-0.2, -0.15) is 0 Å². The number of aliphatic hydroxyl groups excluding tert-OH is 1. The number of aliphatic imine (C=N–C) groups is 1. The van der Waals surface area contributed by atoms with Crippen molar-refractivity contribution in [3.05, 3.63) is 47.0 Å². The second kappa shape index (κ2) is 13.9. The number of ether oxygens (including phenoxy) is 1. The minimum atomic E-state index is -1.63. The highest BCUT2D eigenvalue weighted by Crippen LogP contribution is 2.77. The second-order valence-electron chi connectivity index (χ2n) is 15.4. The Bertz CT molecular complexity index is 1340. The maximum absolute atomic E-state index is 13.3. The number of nitrogens with one attached hydrogen (secondary N) is 3. The van der Waals surface area contributed by atoms with Gasteiger partial charge in [-0.15, -0.1) is 0 Å². The fraction of sp³-hybridized carbons (Fsp3) is 0.730. The Labute approximate surface area is 280 Å². The number of carboxylic acid groups (broad SMARTS) is 1. The fourth-order valence-electron chi connectivity index (χ4n) is 11.5. The van der Waals surface area contributed by atoms with Crippen LogP contribution in [0.3, 0.4) is 0 Å². The summed E-state index contributed by atoms with van der Waals surface area (Å²) in [4.78, 5) is 18.9. The Morgan fingerprint density at radius 2 is 2.00 bits per heavy atom. The molecular formula is C37H57N5O5. The highest BCUT2D eigenvalue weighted by Gasteiger charge is 2.77. The van der Waals surface area contributed by atoms with Crippen molar-refractivity contribution in [2.24, 2.45) is 45.2 Å². The summed E-state index contributed by atoms with van der Waals surface area (Å²) in [6.07, 6.45) is 7.60. The lowest BCUT2D eigenvalue weighted by Crippen LogP contribution is -3.19. The lowest BCUT2D eigenvalue weighted by Gasteiger charge is -2.62. The maximum Gasteiger partial charge on any atom is 0.293 e. The smallest absolute Gasteiger partial charge is 0.293 e. The first-order chi connectivity index (χ1) is 22.6. The van der Waals surface area contributed by atoms with E-state index in [1.165, 1.54) is 5.56 Å². The normalized spacial score (nSPS) is 40.2. The minimum Gasteiger partial charge on any atom is -0.545 e. The predicted octanol–water partition coefficient (Wildman–Crippen LogP) is 0.0375. The Morgan fingerprint density at radius 1 is 1.21 bits per heavy atom. The number of guanidine groups is 1. The summed E-state index contributed by atoms with van der Waals surface area (Å²) in [5, 5.41) is 42.5. The molecule has 4 fully saturated rings. The number of aliphatic carboxylic acids is 1. The van der Waals surface area contributed by atoms with E-state index >= 15 is 0 Å². The zero-order valence-electron chi connectivity index (χ0n) is 28.6. The van der Waals surface area contributed by atoms with Crippen molar-refractivity contribution in [2.45, 2.75) is 82.5 Å². The zero-order chi connectivity index (χ0) is 33.4. The van der Waals surface area contributed by atoms with Crippen molar-refractivity contribution >= 4 is 11.9 Å². The molecule has 2 spiro atoms. The van der Waals surface area contributed by atoms with E-state index in [0.29, 0.717) is 37.3 Å². The van der Waals surface area contributed by atoms with Crippen LogP contribution in [0.5, 0.6) is 0 Å². The number of likely N-dealkylation sites (tertiary alicyclic amines) is 1. The van der Waals surface area contributed by atoms with Crippen LogP contribution < -0.4 is 26.4 Å². The number of aliphatic hydroxyl groups is 2. The Hall–Kier alpha value is -2.34. The van der Waals surface area contributed by atoms with Crippen molar-refractivity contribution in [3.8, 4) is 0 Å². The number of carboxylic acids is 1. The van der Waals surface area contributed by atoms with Crippen molar-refractivity contribution in [1.29, 1.82) is 0 Å². The summed E-state index contributed by atoms with van der Waals surface area (Å²) in [6.45, 7) is 5.11. The van der Waals surface area contributed by atoms with E-state index in [2.05, 4.69) is 46.8 Å². The Kier molecular flexibility index (Phi) is 10.2. The number of carbonyl (C=O) groups excluding carboxylic acids is 1. The third-order valence-electron chi connectivity index (χ3n) is 13.3. The number of piperidine rings is 1. The molecule has 1 saturated heterocycles. The first-order valence-electron chi connectivity index (χ1n) is 18.0. The van der Waals surface area contributed by atoms with Crippen LogP contribution >= 0.6 is 0 Å². The molecule has 0 radical (unpaired) electrons. The summed E-state index contributed by atoms with van der Waals surface area (Å²) in [5.74, 6) is 0.174. The molecule has 1 unspecified atom stereocenters. The van der Waals surface area contributed by atoms with E-state index in [0.717, 1.165) is 75.1 Å². The lowest BCUT2D eigenvalue weighted by molar-refractivity contribution is -0.829. The SMILES string of the molecule is CN=C(N)[NH+]1CC[C@H](CNCCO)[C@]2(C1)[C@@H]1CC3=C(C(=O)[O-])[C@](O)(CO[C@@H]4CCC[C@H](NC)C4)C[C@]32[C@@H](C)C[C@@H]1Cc1ccccc1. The van der Waals surface area contributed by atoms with Crippen LogP contribution in [-0.2, 0) is 16.0 Å². The van der Waals surface area contributed by atoms with E-state index < -0.39 is 17.0 Å². The largest absolute Gasteiger partial charge is 0.545 e. The van der Waals surface area contributed by atoms with Gasteiger partial charge in [0.25, 0.3) is 5.96 Å². The molecule has 1 heterocycles. The zero-order valence-corrected chi connectivity index (χ0v) is 28.6. The number of benzene rings is 1. The predicted molar refractivity (Wildman–Crippen MR) is 179 cm³/mol. The highest BCUT2D eigenvalue weighted by atomic mass is 16.5. The van der Waals surface area contributed by atoms with Crippen LogP contribution in [0.25, 0.3) is 0 Å². The molecule has 0 amide bonds. The number of allylic oxidation sites excluding steroid dienone is 1. The number of nitrogens with two attached hydrogens (primary N) is 1. The summed E-state index contributed by atoms with van der Waals surface area (Å²) in [6, 6.07) is 11.0. The van der Waals surface area contributed by atoms with Crippen LogP contribution in [0.2, 0.25) is 0 Å². The first-order valence-corrected chi connectivity index (χ1v) is 18.0. The fourth-order valence-corrected chi connectivity index (χ4v) is 11.5. The van der Waals surface area contributed by atoms with Crippen molar-refractivity contribution in [1.82, 2.24) is 10.6 Å². The quantitative estimate of drug-likeness (QED) is 0.111. The van der Waals surface area contributed by atoms with Crippen LogP contribution in [0.15, 0.2) is 46.5 Å². The van der Waals surface area contributed by atoms with Gasteiger partial charge in [0, 0.05) is 42.5 Å². The number of hydrogen-bond acceptors (Lipinski definition) is 8. The van der Waals surface area contributed by atoms with E-state index in [4.69, 9.17) is 10.5 Å². The van der Waals surface area contributed by atoms with Gasteiger partial charge in [-0.25, -0.2) is 4.99 Å². The highest BCUT2D eigenvalue weighted by molar-refractivity contribution is 5.90. The van der Waals surface area contributed by atoms with Gasteiger partial charge in [0.05, 0.1) is 38.4 Å². The molecule has 10 atom stereocenters. The molecule has 1 aliphatic heterocycles. The van der Waals surface area contributed by atoms with Crippen LogP contribution in [0, 0.1) is 34.5 Å². The van der Waals surface area contributed by atoms with E-state index in [1.54, 1.807) is 7.05 Å². The van der Waals surface area contributed by atoms with Crippen molar-refractivity contribution in [3.63, 3.8) is 0 Å². The van der Waals surface area contributed by atoms with E-state index in [-0.39, 0.29) is 48.1 Å². The molecule has 3 saturated carbocycles. The average Bonchev–Trinajstić information content (AvgIpc) is 3.45. The number of carbonyl (C=O) groups is 1. The van der Waals surface area contributed by atoms with E-state index in [9.17, 15) is 20.1 Å². The summed E-state index contributed by atoms with van der Waals surface area (Å²) in [7, 11) is 3.72. The average molecular weight is 652 g/mol. The molecule has 5 aliphatic rings. The molecule has 260 valence electrons. The lowest BCUT2D eigenvalue weighted by atomic mass is 9.43. The van der Waals surface area contributed by atoms with Gasteiger partial charge < -0.3 is 41.2 Å². The number of quaternary nitrogens is 1. The van der Waals surface area contributed by atoms with Gasteiger partial charge in [-0.1, -0.05) is 42.8 Å².